The van der Waals surface area contributed by atoms with E-state index in [2.05, 4.69) is 10.6 Å². The maximum absolute atomic E-state index is 12.7. The second kappa shape index (κ2) is 16.0. The summed E-state index contributed by atoms with van der Waals surface area (Å²) in [7, 11) is -3.51. The van der Waals surface area contributed by atoms with Crippen molar-refractivity contribution in [2.75, 3.05) is 31.1 Å². The average molecular weight is 522 g/mol. The molecule has 0 bridgehead atoms. The summed E-state index contributed by atoms with van der Waals surface area (Å²) in [4.78, 5) is 13.8. The van der Waals surface area contributed by atoms with Crippen LogP contribution < -0.4 is 10.6 Å². The number of aliphatic hydroxyl groups excluding tert-OH is 1. The Labute approximate surface area is 214 Å². The topological polar surface area (TPSA) is 98.7 Å². The van der Waals surface area contributed by atoms with Gasteiger partial charge in [-0.05, 0) is 30.5 Å². The molecule has 35 heavy (non-hydrogen) atoms. The van der Waals surface area contributed by atoms with Crippen molar-refractivity contribution in [3.8, 4) is 0 Å². The van der Waals surface area contributed by atoms with Crippen molar-refractivity contribution in [3.63, 3.8) is 0 Å². The van der Waals surface area contributed by atoms with Gasteiger partial charge in [-0.25, -0.2) is 12.7 Å². The minimum atomic E-state index is -3.51. The lowest BCUT2D eigenvalue weighted by molar-refractivity contribution is -0.122. The average Bonchev–Trinajstić information content (AvgIpc) is 2.86. The Morgan fingerprint density at radius 3 is 2.20 bits per heavy atom. The molecule has 0 unspecified atom stereocenters. The lowest BCUT2D eigenvalue weighted by Crippen LogP contribution is -2.49. The van der Waals surface area contributed by atoms with Crippen LogP contribution in [-0.2, 0) is 21.4 Å². The van der Waals surface area contributed by atoms with Crippen molar-refractivity contribution < 1.29 is 18.3 Å². The Balaban J connectivity index is 1.95. The van der Waals surface area contributed by atoms with Gasteiger partial charge < -0.3 is 15.7 Å². The Kier molecular flexibility index (Phi) is 13.4. The van der Waals surface area contributed by atoms with Crippen LogP contribution in [-0.4, -0.2) is 67.0 Å². The van der Waals surface area contributed by atoms with E-state index >= 15 is 0 Å². The van der Waals surface area contributed by atoms with Crippen LogP contribution in [0.1, 0.15) is 38.7 Å². The number of rotatable bonds is 17. The highest BCUT2D eigenvalue weighted by atomic mass is 32.2. The smallest absolute Gasteiger partial charge is 0.221 e. The van der Waals surface area contributed by atoms with E-state index in [1.165, 1.54) is 4.31 Å². The summed E-state index contributed by atoms with van der Waals surface area (Å²) in [5, 5.41) is 17.0. The number of hydrogen-bond acceptors (Lipinski definition) is 6. The molecule has 2 aromatic carbocycles. The zero-order chi connectivity index (χ0) is 25.5. The normalized spacial score (nSPS) is 13.5. The van der Waals surface area contributed by atoms with Gasteiger partial charge in [-0.3, -0.25) is 4.79 Å². The summed E-state index contributed by atoms with van der Waals surface area (Å²) in [5.41, 5.74) is 1.10. The van der Waals surface area contributed by atoms with E-state index < -0.39 is 22.2 Å². The summed E-state index contributed by atoms with van der Waals surface area (Å²) >= 11 is 1.54. The van der Waals surface area contributed by atoms with Crippen LogP contribution in [0.2, 0.25) is 0 Å². The molecule has 0 aliphatic heterocycles. The van der Waals surface area contributed by atoms with E-state index in [1.54, 1.807) is 11.8 Å². The molecule has 0 saturated carbocycles. The van der Waals surface area contributed by atoms with Gasteiger partial charge in [0.05, 0.1) is 17.9 Å². The molecule has 1 amide bonds. The second-order valence-electron chi connectivity index (χ2n) is 8.45. The molecule has 0 fully saturated rings. The predicted molar refractivity (Wildman–Crippen MR) is 144 cm³/mol. The molecule has 0 saturated heterocycles. The van der Waals surface area contributed by atoms with Crippen LogP contribution in [0.4, 0.5) is 0 Å². The number of nitrogens with one attached hydrogen (secondary N) is 2. The van der Waals surface area contributed by atoms with Crippen molar-refractivity contribution in [2.24, 2.45) is 0 Å². The maximum atomic E-state index is 12.7. The third kappa shape index (κ3) is 11.1. The fourth-order valence-corrected chi connectivity index (χ4v) is 6.22. The van der Waals surface area contributed by atoms with Gasteiger partial charge in [0.25, 0.3) is 0 Å². The molecule has 2 atom stereocenters. The molecule has 0 aliphatic carbocycles. The van der Waals surface area contributed by atoms with Crippen molar-refractivity contribution in [1.29, 1.82) is 0 Å². The monoisotopic (exact) mass is 521 g/mol. The van der Waals surface area contributed by atoms with E-state index in [4.69, 9.17) is 0 Å². The number of hydrogen-bond donors (Lipinski definition) is 3. The van der Waals surface area contributed by atoms with Crippen LogP contribution in [0.15, 0.2) is 65.6 Å². The van der Waals surface area contributed by atoms with E-state index in [9.17, 15) is 18.3 Å². The van der Waals surface area contributed by atoms with Gasteiger partial charge in [-0.2, -0.15) is 0 Å². The van der Waals surface area contributed by atoms with E-state index in [1.807, 2.05) is 74.5 Å². The molecule has 7 nitrogen and oxygen atoms in total. The Bertz CT molecular complexity index is 953. The Morgan fingerprint density at radius 1 is 1.00 bits per heavy atom. The van der Waals surface area contributed by atoms with Crippen LogP contribution in [0.3, 0.4) is 0 Å². The molecule has 0 heterocycles. The second-order valence-corrected chi connectivity index (χ2v) is 11.6. The number of carbonyl (C=O) groups is 1. The van der Waals surface area contributed by atoms with Gasteiger partial charge in [-0.1, -0.05) is 62.4 Å². The highest BCUT2D eigenvalue weighted by Gasteiger charge is 2.25. The van der Waals surface area contributed by atoms with E-state index in [-0.39, 0.29) is 18.1 Å². The molecular formula is C26H39N3O4S2. The summed E-state index contributed by atoms with van der Waals surface area (Å²) in [6, 6.07) is 19.1. The minimum absolute atomic E-state index is 0.136. The third-order valence-electron chi connectivity index (χ3n) is 5.44. The number of benzene rings is 2. The molecule has 194 valence electrons. The lowest BCUT2D eigenvalue weighted by atomic mass is 10.1. The number of nitrogens with zero attached hydrogens (tertiary/aromatic N) is 1. The highest BCUT2D eigenvalue weighted by Crippen LogP contribution is 2.19. The van der Waals surface area contributed by atoms with Crippen LogP contribution in [0, 0.1) is 0 Å². The zero-order valence-electron chi connectivity index (χ0n) is 20.7. The molecule has 0 radical (unpaired) electrons. The van der Waals surface area contributed by atoms with Crippen molar-refractivity contribution in [1.82, 2.24) is 14.9 Å². The third-order valence-corrected chi connectivity index (χ3v) is 8.44. The van der Waals surface area contributed by atoms with Gasteiger partial charge in [0.2, 0.25) is 15.9 Å². The zero-order valence-corrected chi connectivity index (χ0v) is 22.4. The quantitative estimate of drug-likeness (QED) is 0.277. The minimum Gasteiger partial charge on any atom is -0.390 e. The first-order valence-electron chi connectivity index (χ1n) is 12.2. The number of aliphatic hydroxyl groups is 1. The molecule has 2 aromatic rings. The molecule has 3 N–H and O–H groups in total. The summed E-state index contributed by atoms with van der Waals surface area (Å²) < 4.78 is 26.9. The fraction of sp³-hybridized carbons (Fsp3) is 0.500. The van der Waals surface area contributed by atoms with Crippen LogP contribution in [0.5, 0.6) is 0 Å². The SMILES string of the molecule is CCCN(CCC)S(=O)(=O)CCC(=O)N[C@@H](CSc1ccccc1)[C@@H](O)CNCc1ccccc1. The maximum Gasteiger partial charge on any atom is 0.221 e. The van der Waals surface area contributed by atoms with Gasteiger partial charge in [0.15, 0.2) is 0 Å². The summed E-state index contributed by atoms with van der Waals surface area (Å²) in [6.45, 7) is 5.70. The van der Waals surface area contributed by atoms with Crippen molar-refractivity contribution in [2.45, 2.75) is 56.7 Å². The lowest BCUT2D eigenvalue weighted by Gasteiger charge is -2.25. The largest absolute Gasteiger partial charge is 0.390 e. The van der Waals surface area contributed by atoms with Gasteiger partial charge in [0, 0.05) is 43.2 Å². The molecule has 0 aromatic heterocycles. The Morgan fingerprint density at radius 2 is 1.60 bits per heavy atom. The molecule has 0 aliphatic rings. The predicted octanol–water partition coefficient (Wildman–Crippen LogP) is 3.26. The fourth-order valence-electron chi connectivity index (χ4n) is 3.57. The summed E-state index contributed by atoms with van der Waals surface area (Å²) in [5.74, 6) is -0.143. The van der Waals surface area contributed by atoms with Crippen molar-refractivity contribution in [3.05, 3.63) is 66.2 Å². The highest BCUT2D eigenvalue weighted by molar-refractivity contribution is 7.99. The standard InChI is InChI=1S/C26H39N3O4S2/c1-3-16-29(17-4-2)35(32,33)18-15-26(31)28-24(21-34-23-13-9-6-10-14-23)25(30)20-27-19-22-11-7-5-8-12-22/h5-14,24-25,27,30H,3-4,15-21H2,1-2H3,(H,28,31)/t24-,25-/m0/s1. The number of amides is 1. The number of thioether (sulfide) groups is 1. The number of sulfonamides is 1. The Hall–Kier alpha value is -1.91. The van der Waals surface area contributed by atoms with Gasteiger partial charge in [-0.15, -0.1) is 11.8 Å². The molecule has 9 heteroatoms. The van der Waals surface area contributed by atoms with E-state index in [0.29, 0.717) is 31.9 Å². The van der Waals surface area contributed by atoms with Gasteiger partial charge in [0.1, 0.15) is 0 Å². The molecule has 0 spiro atoms. The molecule has 2 rings (SSSR count). The first kappa shape index (κ1) is 29.3. The van der Waals surface area contributed by atoms with E-state index in [0.717, 1.165) is 23.3 Å². The van der Waals surface area contributed by atoms with Crippen LogP contribution >= 0.6 is 11.8 Å². The van der Waals surface area contributed by atoms with Crippen LogP contribution in [0.25, 0.3) is 0 Å². The number of carbonyl (C=O) groups excluding carboxylic acids is 1. The molecular weight excluding hydrogens is 482 g/mol. The summed E-state index contributed by atoms with van der Waals surface area (Å²) in [6.07, 6.45) is 0.494. The van der Waals surface area contributed by atoms with Gasteiger partial charge >= 0.3 is 0 Å². The van der Waals surface area contributed by atoms with Crippen molar-refractivity contribution >= 4 is 27.7 Å². The first-order valence-corrected chi connectivity index (χ1v) is 14.8. The first-order chi connectivity index (χ1) is 16.9.